The second-order valence-electron chi connectivity index (χ2n) is 9.84. The van der Waals surface area contributed by atoms with Crippen LogP contribution in [0.4, 0.5) is 0 Å². The van der Waals surface area contributed by atoms with Crippen LogP contribution in [-0.2, 0) is 16.1 Å². The summed E-state index contributed by atoms with van der Waals surface area (Å²) in [4.78, 5) is 31.8. The van der Waals surface area contributed by atoms with Crippen molar-refractivity contribution in [1.82, 2.24) is 4.57 Å². The van der Waals surface area contributed by atoms with Gasteiger partial charge in [-0.1, -0.05) is 47.2 Å². The maximum absolute atomic E-state index is 14.0. The van der Waals surface area contributed by atoms with Gasteiger partial charge in [-0.15, -0.1) is 0 Å². The Morgan fingerprint density at radius 2 is 1.77 bits per heavy atom. The highest BCUT2D eigenvalue weighted by Gasteiger charge is 2.31. The van der Waals surface area contributed by atoms with Gasteiger partial charge in [0.1, 0.15) is 12.4 Å². The van der Waals surface area contributed by atoms with Crippen LogP contribution < -0.4 is 29.1 Å². The molecule has 228 valence electrons. The highest BCUT2D eigenvalue weighted by molar-refractivity contribution is 14.1. The van der Waals surface area contributed by atoms with Crippen LogP contribution >= 0.6 is 49.9 Å². The number of carbonyl (C=O) groups excluding carboxylic acids is 1. The molecule has 2 heterocycles. The van der Waals surface area contributed by atoms with E-state index in [2.05, 4.69) is 62.6 Å². The van der Waals surface area contributed by atoms with Crippen molar-refractivity contribution in [3.05, 3.63) is 116 Å². The third-order valence-electron chi connectivity index (χ3n) is 6.83. The summed E-state index contributed by atoms with van der Waals surface area (Å²) in [6, 6.07) is 16.8. The molecular formula is C33H30BrIN2O6S. The molecule has 0 saturated heterocycles. The van der Waals surface area contributed by atoms with Crippen molar-refractivity contribution >= 4 is 61.9 Å². The molecule has 1 aliphatic heterocycles. The van der Waals surface area contributed by atoms with E-state index in [0.717, 1.165) is 24.9 Å². The van der Waals surface area contributed by atoms with Crippen molar-refractivity contribution in [3.63, 3.8) is 0 Å². The van der Waals surface area contributed by atoms with E-state index in [-0.39, 0.29) is 11.1 Å². The number of aromatic nitrogens is 1. The molecule has 1 atom stereocenters. The first-order valence-electron chi connectivity index (χ1n) is 13.9. The summed E-state index contributed by atoms with van der Waals surface area (Å²) in [5, 5.41) is 0. The summed E-state index contributed by atoms with van der Waals surface area (Å²) in [5.41, 5.74) is 3.73. The molecule has 0 bridgehead atoms. The number of rotatable bonds is 10. The van der Waals surface area contributed by atoms with Crippen LogP contribution in [0.3, 0.4) is 0 Å². The van der Waals surface area contributed by atoms with Gasteiger partial charge in [0, 0.05) is 6.20 Å². The molecule has 3 aromatic carbocycles. The molecule has 8 nitrogen and oxygen atoms in total. The lowest BCUT2D eigenvalue weighted by molar-refractivity contribution is -0.136. The Morgan fingerprint density at radius 3 is 2.45 bits per heavy atom. The number of fused-ring (bicyclic) bond motifs is 1. The fraction of sp³-hybridized carbons (Fsp3) is 0.242. The summed E-state index contributed by atoms with van der Waals surface area (Å²) in [7, 11) is 1.31. The van der Waals surface area contributed by atoms with E-state index in [1.165, 1.54) is 34.8 Å². The van der Waals surface area contributed by atoms with Crippen LogP contribution in [0.15, 0.2) is 80.6 Å². The molecule has 0 saturated carbocycles. The Labute approximate surface area is 280 Å². The number of esters is 1. The smallest absolute Gasteiger partial charge is 0.337 e. The predicted molar refractivity (Wildman–Crippen MR) is 182 cm³/mol. The topological polar surface area (TPSA) is 88.4 Å². The first-order chi connectivity index (χ1) is 21.2. The maximum atomic E-state index is 14.0. The summed E-state index contributed by atoms with van der Waals surface area (Å²) >= 11 is 7.14. The average Bonchev–Trinajstić information content (AvgIpc) is 3.32. The average molecular weight is 789 g/mol. The fourth-order valence-corrected chi connectivity index (χ4v) is 7.52. The highest BCUT2D eigenvalue weighted by Crippen LogP contribution is 2.35. The first-order valence-corrected chi connectivity index (χ1v) is 16.6. The van der Waals surface area contributed by atoms with Crippen molar-refractivity contribution in [2.75, 3.05) is 20.3 Å². The molecule has 4 aromatic rings. The lowest BCUT2D eigenvalue weighted by Crippen LogP contribution is -2.39. The fourth-order valence-electron chi connectivity index (χ4n) is 4.78. The Kier molecular flexibility index (Phi) is 10.3. The van der Waals surface area contributed by atoms with Crippen molar-refractivity contribution < 1.29 is 23.7 Å². The lowest BCUT2D eigenvalue weighted by atomic mass is 9.97. The van der Waals surface area contributed by atoms with Gasteiger partial charge in [-0.3, -0.25) is 9.36 Å². The van der Waals surface area contributed by atoms with Crippen molar-refractivity contribution in [3.8, 4) is 17.2 Å². The number of methoxy groups -OCH3 is 1. The molecule has 1 aliphatic rings. The quantitative estimate of drug-likeness (QED) is 0.143. The molecule has 1 aromatic heterocycles. The predicted octanol–water partition coefficient (Wildman–Crippen LogP) is 6.07. The van der Waals surface area contributed by atoms with Gasteiger partial charge < -0.3 is 18.9 Å². The van der Waals surface area contributed by atoms with Crippen LogP contribution in [0.5, 0.6) is 17.2 Å². The molecule has 44 heavy (non-hydrogen) atoms. The van der Waals surface area contributed by atoms with Gasteiger partial charge in [-0.05, 0) is 106 Å². The van der Waals surface area contributed by atoms with Crippen molar-refractivity contribution in [1.29, 1.82) is 0 Å². The Bertz CT molecular complexity index is 1890. The molecule has 0 N–H and O–H groups in total. The number of thiazole rings is 1. The third-order valence-corrected chi connectivity index (χ3v) is 9.22. The van der Waals surface area contributed by atoms with E-state index in [9.17, 15) is 9.59 Å². The third kappa shape index (κ3) is 6.79. The highest BCUT2D eigenvalue weighted by atomic mass is 127. The minimum absolute atomic E-state index is 0.241. The number of carbonyl (C=O) groups is 1. The molecular weight excluding hydrogens is 759 g/mol. The Balaban J connectivity index is 1.54. The number of halogens is 2. The van der Waals surface area contributed by atoms with Crippen LogP contribution in [0.25, 0.3) is 6.08 Å². The Hall–Kier alpha value is -3.42. The molecule has 0 unspecified atom stereocenters. The van der Waals surface area contributed by atoms with E-state index in [1.54, 1.807) is 12.1 Å². The SMILES string of the molecule is CCOc1ccc([C@@H]2C(C(=O)OC)=CN=c3s/c(=C\c4cc(Br)c(OCc5ccc(C)cc5)c(I)c4)c(=O)n32)cc1OCC. The van der Waals surface area contributed by atoms with Crippen molar-refractivity contribution in [2.45, 2.75) is 33.4 Å². The van der Waals surface area contributed by atoms with E-state index >= 15 is 0 Å². The van der Waals surface area contributed by atoms with Gasteiger partial charge >= 0.3 is 5.97 Å². The lowest BCUT2D eigenvalue weighted by Gasteiger charge is -2.23. The summed E-state index contributed by atoms with van der Waals surface area (Å²) < 4.78 is 26.4. The zero-order valence-electron chi connectivity index (χ0n) is 24.6. The monoisotopic (exact) mass is 788 g/mol. The zero-order valence-corrected chi connectivity index (χ0v) is 29.1. The van der Waals surface area contributed by atoms with Crippen LogP contribution in [-0.4, -0.2) is 30.9 Å². The van der Waals surface area contributed by atoms with Gasteiger partial charge in [0.05, 0.1) is 44.5 Å². The number of nitrogens with zero attached hydrogens (tertiary/aromatic N) is 2. The van der Waals surface area contributed by atoms with E-state index < -0.39 is 12.0 Å². The van der Waals surface area contributed by atoms with Gasteiger partial charge in [0.2, 0.25) is 0 Å². The minimum atomic E-state index is -0.764. The normalized spacial score (nSPS) is 14.4. The molecule has 11 heteroatoms. The largest absolute Gasteiger partial charge is 0.490 e. The summed E-state index contributed by atoms with van der Waals surface area (Å²) in [6.07, 6.45) is 3.30. The van der Waals surface area contributed by atoms with Gasteiger partial charge in [0.15, 0.2) is 16.3 Å². The van der Waals surface area contributed by atoms with Gasteiger partial charge in [0.25, 0.3) is 5.56 Å². The molecule has 0 spiro atoms. The van der Waals surface area contributed by atoms with E-state index in [4.69, 9.17) is 18.9 Å². The van der Waals surface area contributed by atoms with Crippen LogP contribution in [0.1, 0.15) is 42.1 Å². The molecule has 0 aliphatic carbocycles. The second-order valence-corrected chi connectivity index (χ2v) is 12.9. The molecule has 0 fully saturated rings. The zero-order chi connectivity index (χ0) is 31.4. The number of benzene rings is 3. The number of ether oxygens (including phenoxy) is 4. The van der Waals surface area contributed by atoms with Gasteiger partial charge in [-0.2, -0.15) is 0 Å². The van der Waals surface area contributed by atoms with E-state index in [0.29, 0.717) is 46.2 Å². The van der Waals surface area contributed by atoms with Crippen molar-refractivity contribution in [2.24, 2.45) is 4.99 Å². The van der Waals surface area contributed by atoms with Crippen LogP contribution in [0, 0.1) is 10.5 Å². The summed E-state index contributed by atoms with van der Waals surface area (Å²) in [6.45, 7) is 7.16. The second kappa shape index (κ2) is 14.1. The standard InChI is InChI=1S/C33H30BrIN2O6S/c1-5-41-26-12-11-22(16-27(26)42-6-2)29-23(32(39)40-4)17-36-33-37(29)31(38)28(44-33)15-21-13-24(34)30(25(35)14-21)43-18-20-9-7-19(3)8-10-20/h7-17,29H,5-6,18H2,1-4H3/b28-15-/t29-/m1/s1. The number of hydrogen-bond donors (Lipinski definition) is 0. The molecule has 0 amide bonds. The first kappa shape index (κ1) is 32.0. The Morgan fingerprint density at radius 1 is 1.05 bits per heavy atom. The number of hydrogen-bond acceptors (Lipinski definition) is 8. The molecule has 0 radical (unpaired) electrons. The van der Waals surface area contributed by atoms with Gasteiger partial charge in [-0.25, -0.2) is 9.79 Å². The summed E-state index contributed by atoms with van der Waals surface area (Å²) in [5.74, 6) is 1.27. The minimum Gasteiger partial charge on any atom is -0.490 e. The molecule has 5 rings (SSSR count). The van der Waals surface area contributed by atoms with E-state index in [1.807, 2.05) is 50.3 Å². The van der Waals surface area contributed by atoms with Crippen LogP contribution in [0.2, 0.25) is 0 Å². The maximum Gasteiger partial charge on any atom is 0.337 e. The number of aryl methyl sites for hydroxylation is 1.